The van der Waals surface area contributed by atoms with Gasteiger partial charge in [-0.15, -0.1) is 0 Å². The Bertz CT molecular complexity index is 641. The van der Waals surface area contributed by atoms with Crippen molar-refractivity contribution in [3.05, 3.63) is 26.3 Å². The molecule has 0 saturated carbocycles. The van der Waals surface area contributed by atoms with Gasteiger partial charge >= 0.3 is 0 Å². The average molecular weight is 319 g/mol. The van der Waals surface area contributed by atoms with E-state index in [9.17, 15) is 4.79 Å². The lowest BCUT2D eigenvalue weighted by molar-refractivity contribution is 0.332. The van der Waals surface area contributed by atoms with E-state index in [-0.39, 0.29) is 16.6 Å². The SMILES string of the molecule is CCOc1c(Br)c2nc(Cl)ncc2n(C)c1=O. The van der Waals surface area contributed by atoms with Crippen molar-refractivity contribution in [2.24, 2.45) is 7.05 Å². The molecule has 0 atom stereocenters. The first-order valence-electron chi connectivity index (χ1n) is 4.89. The monoisotopic (exact) mass is 317 g/mol. The van der Waals surface area contributed by atoms with Crippen LogP contribution in [0.4, 0.5) is 0 Å². The van der Waals surface area contributed by atoms with Crippen LogP contribution in [0.15, 0.2) is 15.5 Å². The zero-order valence-electron chi connectivity index (χ0n) is 9.20. The second kappa shape index (κ2) is 4.62. The molecule has 0 saturated heterocycles. The number of hydrogen-bond acceptors (Lipinski definition) is 4. The van der Waals surface area contributed by atoms with Crippen molar-refractivity contribution in [3.8, 4) is 5.75 Å². The Kier molecular flexibility index (Phi) is 3.35. The van der Waals surface area contributed by atoms with Crippen molar-refractivity contribution >= 4 is 38.6 Å². The minimum absolute atomic E-state index is 0.124. The molecular formula is C10H9BrClN3O2. The van der Waals surface area contributed by atoms with E-state index in [0.717, 1.165) is 0 Å². The summed E-state index contributed by atoms with van der Waals surface area (Å²) in [7, 11) is 1.64. The summed E-state index contributed by atoms with van der Waals surface area (Å²) < 4.78 is 7.25. The van der Waals surface area contributed by atoms with Crippen LogP contribution in [0.2, 0.25) is 5.28 Å². The highest BCUT2D eigenvalue weighted by Gasteiger charge is 2.16. The summed E-state index contributed by atoms with van der Waals surface area (Å²) in [5.74, 6) is 0.234. The van der Waals surface area contributed by atoms with E-state index in [2.05, 4.69) is 25.9 Å². The topological polar surface area (TPSA) is 57.0 Å². The Labute approximate surface area is 111 Å². The van der Waals surface area contributed by atoms with Gasteiger partial charge in [-0.2, -0.15) is 0 Å². The molecule has 0 fully saturated rings. The van der Waals surface area contributed by atoms with Crippen LogP contribution < -0.4 is 10.3 Å². The number of pyridine rings is 1. The van der Waals surface area contributed by atoms with E-state index in [1.165, 1.54) is 10.8 Å². The highest BCUT2D eigenvalue weighted by molar-refractivity contribution is 9.10. The van der Waals surface area contributed by atoms with Gasteiger partial charge < -0.3 is 9.30 Å². The highest BCUT2D eigenvalue weighted by Crippen LogP contribution is 2.28. The molecular weight excluding hydrogens is 309 g/mol. The van der Waals surface area contributed by atoms with E-state index in [0.29, 0.717) is 22.1 Å². The van der Waals surface area contributed by atoms with Gasteiger partial charge in [-0.05, 0) is 34.5 Å². The zero-order chi connectivity index (χ0) is 12.6. The summed E-state index contributed by atoms with van der Waals surface area (Å²) in [6.07, 6.45) is 1.51. The molecule has 2 heterocycles. The first-order chi connectivity index (χ1) is 8.06. The molecule has 0 bridgehead atoms. The quantitative estimate of drug-likeness (QED) is 0.796. The minimum Gasteiger partial charge on any atom is -0.487 e. The smallest absolute Gasteiger partial charge is 0.294 e. The summed E-state index contributed by atoms with van der Waals surface area (Å²) in [5.41, 5.74) is 0.905. The third-order valence-electron chi connectivity index (χ3n) is 2.30. The minimum atomic E-state index is -0.239. The Morgan fingerprint density at radius 3 is 2.94 bits per heavy atom. The second-order valence-corrected chi connectivity index (χ2v) is 4.44. The molecule has 0 amide bonds. The molecule has 5 nitrogen and oxygen atoms in total. The molecule has 7 heteroatoms. The van der Waals surface area contributed by atoms with Gasteiger partial charge in [-0.3, -0.25) is 4.79 Å². The number of hydrogen-bond donors (Lipinski definition) is 0. The van der Waals surface area contributed by atoms with E-state index in [4.69, 9.17) is 16.3 Å². The fourth-order valence-electron chi connectivity index (χ4n) is 1.49. The average Bonchev–Trinajstić information content (AvgIpc) is 2.32. The van der Waals surface area contributed by atoms with Crippen molar-refractivity contribution in [1.29, 1.82) is 0 Å². The van der Waals surface area contributed by atoms with Crippen LogP contribution in [0.25, 0.3) is 11.0 Å². The van der Waals surface area contributed by atoms with Gasteiger partial charge in [0.15, 0.2) is 0 Å². The lowest BCUT2D eigenvalue weighted by atomic mass is 10.3. The molecule has 90 valence electrons. The van der Waals surface area contributed by atoms with Crippen LogP contribution >= 0.6 is 27.5 Å². The Balaban J connectivity index is 2.90. The summed E-state index contributed by atoms with van der Waals surface area (Å²) >= 11 is 9.06. The predicted molar refractivity (Wildman–Crippen MR) is 68.7 cm³/mol. The zero-order valence-corrected chi connectivity index (χ0v) is 11.5. The largest absolute Gasteiger partial charge is 0.487 e. The standard InChI is InChI=1S/C10H9BrClN3O2/c1-3-17-8-6(11)7-5(15(2)9(8)16)4-13-10(12)14-7/h4H,3H2,1-2H3. The van der Waals surface area contributed by atoms with Gasteiger partial charge in [0.05, 0.1) is 22.8 Å². The molecule has 0 N–H and O–H groups in total. The van der Waals surface area contributed by atoms with Crippen LogP contribution in [-0.2, 0) is 7.05 Å². The summed E-state index contributed by atoms with van der Waals surface area (Å²) in [4.78, 5) is 19.9. The second-order valence-electron chi connectivity index (χ2n) is 3.31. The molecule has 17 heavy (non-hydrogen) atoms. The number of nitrogens with zero attached hydrogens (tertiary/aromatic N) is 3. The number of rotatable bonds is 2. The molecule has 2 aromatic rings. The summed E-state index contributed by atoms with van der Waals surface area (Å²) in [6.45, 7) is 2.21. The van der Waals surface area contributed by atoms with Crippen molar-refractivity contribution < 1.29 is 4.74 Å². The molecule has 2 rings (SSSR count). The van der Waals surface area contributed by atoms with Crippen LogP contribution in [0.3, 0.4) is 0 Å². The Morgan fingerprint density at radius 1 is 1.59 bits per heavy atom. The molecule has 0 aliphatic carbocycles. The van der Waals surface area contributed by atoms with Crippen LogP contribution in [0.5, 0.6) is 5.75 Å². The Morgan fingerprint density at radius 2 is 2.29 bits per heavy atom. The molecule has 0 aromatic carbocycles. The number of fused-ring (bicyclic) bond motifs is 1. The van der Waals surface area contributed by atoms with Gasteiger partial charge in [-0.1, -0.05) is 0 Å². The maximum Gasteiger partial charge on any atom is 0.294 e. The van der Waals surface area contributed by atoms with E-state index in [1.54, 1.807) is 7.05 Å². The fourth-order valence-corrected chi connectivity index (χ4v) is 2.20. The lowest BCUT2D eigenvalue weighted by Gasteiger charge is -2.10. The normalized spacial score (nSPS) is 10.8. The maximum atomic E-state index is 12.0. The Hall–Kier alpha value is -1.14. The number of ether oxygens (including phenoxy) is 1. The van der Waals surface area contributed by atoms with Gasteiger partial charge in [0.25, 0.3) is 5.56 Å². The number of aromatic nitrogens is 3. The van der Waals surface area contributed by atoms with E-state index >= 15 is 0 Å². The lowest BCUT2D eigenvalue weighted by Crippen LogP contribution is -2.20. The molecule has 0 radical (unpaired) electrons. The van der Waals surface area contributed by atoms with Gasteiger partial charge in [0, 0.05) is 7.05 Å². The summed E-state index contributed by atoms with van der Waals surface area (Å²) in [6, 6.07) is 0. The fraction of sp³-hybridized carbons (Fsp3) is 0.300. The molecule has 2 aromatic heterocycles. The van der Waals surface area contributed by atoms with Crippen LogP contribution in [-0.4, -0.2) is 21.1 Å². The van der Waals surface area contributed by atoms with E-state index in [1.807, 2.05) is 6.92 Å². The van der Waals surface area contributed by atoms with Gasteiger partial charge in [0.2, 0.25) is 11.0 Å². The van der Waals surface area contributed by atoms with Crippen LogP contribution in [0.1, 0.15) is 6.92 Å². The maximum absolute atomic E-state index is 12.0. The highest BCUT2D eigenvalue weighted by atomic mass is 79.9. The molecule has 0 unspecified atom stereocenters. The first-order valence-corrected chi connectivity index (χ1v) is 6.07. The third kappa shape index (κ3) is 2.02. The van der Waals surface area contributed by atoms with Crippen molar-refractivity contribution in [2.45, 2.75) is 6.92 Å². The van der Waals surface area contributed by atoms with Gasteiger partial charge in [0.1, 0.15) is 5.52 Å². The molecule has 0 aliphatic rings. The molecule has 0 spiro atoms. The number of halogens is 2. The van der Waals surface area contributed by atoms with Gasteiger partial charge in [-0.25, -0.2) is 9.97 Å². The molecule has 0 aliphatic heterocycles. The van der Waals surface area contributed by atoms with Crippen molar-refractivity contribution in [2.75, 3.05) is 6.61 Å². The van der Waals surface area contributed by atoms with Crippen molar-refractivity contribution in [3.63, 3.8) is 0 Å². The third-order valence-corrected chi connectivity index (χ3v) is 3.21. The van der Waals surface area contributed by atoms with Crippen molar-refractivity contribution in [1.82, 2.24) is 14.5 Å². The summed E-state index contributed by atoms with van der Waals surface area (Å²) in [5, 5.41) is 0.124. The van der Waals surface area contributed by atoms with E-state index < -0.39 is 0 Å². The predicted octanol–water partition coefficient (Wildman–Crippen LogP) is 2.14. The number of aryl methyl sites for hydroxylation is 1. The first kappa shape index (κ1) is 12.3. The van der Waals surface area contributed by atoms with Crippen LogP contribution in [0, 0.1) is 0 Å².